The first kappa shape index (κ1) is 19.4. The van der Waals surface area contributed by atoms with Crippen LogP contribution in [0.25, 0.3) is 0 Å². The van der Waals surface area contributed by atoms with Gasteiger partial charge in [-0.3, -0.25) is 19.7 Å². The zero-order valence-electron chi connectivity index (χ0n) is 11.0. The summed E-state index contributed by atoms with van der Waals surface area (Å²) < 4.78 is 0. The van der Waals surface area contributed by atoms with Crippen LogP contribution in [0.2, 0.25) is 0 Å². The minimum atomic E-state index is -2.01. The predicted octanol–water partition coefficient (Wildman–Crippen LogP) is -3.46. The van der Waals surface area contributed by atoms with E-state index in [4.69, 9.17) is 20.4 Å². The van der Waals surface area contributed by atoms with Crippen molar-refractivity contribution in [2.75, 3.05) is 13.2 Å². The number of Topliss-reactive ketones (excluding diaryl/α,β-unsaturated/α-hetero) is 1. The van der Waals surface area contributed by atoms with Crippen LogP contribution >= 0.6 is 0 Å². The molecule has 7 N–H and O–H groups in total. The molecule has 0 aromatic carbocycles. The summed E-state index contributed by atoms with van der Waals surface area (Å²) in [5, 5.41) is 55.9. The molecule has 0 bridgehead atoms. The maximum Gasteiger partial charge on any atom is 0.320 e. The van der Waals surface area contributed by atoms with Crippen molar-refractivity contribution in [3.63, 3.8) is 0 Å². The number of aliphatic hydroxyl groups excluding tert-OH is 4. The van der Waals surface area contributed by atoms with Crippen LogP contribution in [0.1, 0.15) is 12.8 Å². The zero-order chi connectivity index (χ0) is 16.6. The highest BCUT2D eigenvalue weighted by atomic mass is 16.5. The molecule has 10 heteroatoms. The Balaban J connectivity index is 4.41. The lowest BCUT2D eigenvalue weighted by atomic mass is 10.2. The zero-order valence-corrected chi connectivity index (χ0v) is 11.0. The number of carbonyl (C=O) groups is 3. The van der Waals surface area contributed by atoms with Crippen molar-refractivity contribution in [2.45, 2.75) is 37.2 Å². The van der Waals surface area contributed by atoms with Gasteiger partial charge in [-0.15, -0.1) is 0 Å². The molecule has 0 aliphatic carbocycles. The van der Waals surface area contributed by atoms with Crippen LogP contribution in [0.4, 0.5) is 0 Å². The number of aliphatic hydroxyl groups is 4. The van der Waals surface area contributed by atoms with Gasteiger partial charge in [-0.05, 0) is 6.42 Å². The van der Waals surface area contributed by atoms with Gasteiger partial charge in [-0.2, -0.15) is 0 Å². The van der Waals surface area contributed by atoms with Gasteiger partial charge in [-0.25, -0.2) is 0 Å². The number of ketones is 1. The summed E-state index contributed by atoms with van der Waals surface area (Å²) in [5.41, 5.74) is 0. The fourth-order valence-electron chi connectivity index (χ4n) is 1.42. The van der Waals surface area contributed by atoms with Gasteiger partial charge in [0.05, 0.1) is 13.2 Å². The first-order valence-electron chi connectivity index (χ1n) is 6.06. The van der Waals surface area contributed by atoms with Crippen molar-refractivity contribution in [2.24, 2.45) is 0 Å². The molecule has 10 nitrogen and oxygen atoms in total. The van der Waals surface area contributed by atoms with Crippen LogP contribution in [-0.2, 0) is 14.4 Å². The summed E-state index contributed by atoms with van der Waals surface area (Å²) in [5.74, 6) is -3.57. The van der Waals surface area contributed by atoms with E-state index in [1.165, 1.54) is 0 Å². The van der Waals surface area contributed by atoms with Gasteiger partial charge in [0.25, 0.3) is 0 Å². The third-order valence-corrected chi connectivity index (χ3v) is 2.70. The van der Waals surface area contributed by atoms with Crippen molar-refractivity contribution in [1.29, 1.82) is 0 Å². The van der Waals surface area contributed by atoms with E-state index in [9.17, 15) is 24.6 Å². The highest BCUT2D eigenvalue weighted by Gasteiger charge is 2.30. The number of aliphatic carboxylic acids is 2. The number of nitrogens with one attached hydrogen (secondary N) is 1. The summed E-state index contributed by atoms with van der Waals surface area (Å²) in [6.07, 6.45) is -6.33. The maximum absolute atomic E-state index is 11.5. The van der Waals surface area contributed by atoms with Gasteiger partial charge in [-0.1, -0.05) is 0 Å². The van der Waals surface area contributed by atoms with Crippen LogP contribution < -0.4 is 5.32 Å². The van der Waals surface area contributed by atoms with Gasteiger partial charge in [0.15, 0.2) is 5.78 Å². The van der Waals surface area contributed by atoms with Crippen LogP contribution in [0.3, 0.4) is 0 Å². The molecule has 0 aliphatic rings. The second-order valence-corrected chi connectivity index (χ2v) is 4.36. The minimum absolute atomic E-state index is 0.268. The van der Waals surface area contributed by atoms with Crippen molar-refractivity contribution < 1.29 is 45.0 Å². The van der Waals surface area contributed by atoms with Crippen LogP contribution in [0.15, 0.2) is 0 Å². The van der Waals surface area contributed by atoms with E-state index in [-0.39, 0.29) is 6.42 Å². The Kier molecular flexibility index (Phi) is 8.66. The monoisotopic (exact) mass is 315 g/mol. The fraction of sp³-hybridized carbons (Fsp3) is 0.727. The first-order valence-corrected chi connectivity index (χ1v) is 6.06. The standard InChI is InChI=1S/C11H19NO9/c13-4-7(15)10(19)9(18)6(14)3-12-5(11(20)21)1-2-8(16)17/h5,7,9-10,12-13,15,18-19H,1-4H2,(H,16,17)(H,20,21)/t5-,7+,9+,10+/m0/s1/i3+1,4+1,6+1,7+1,9+1,10+1. The number of carboxylic acids is 2. The van der Waals surface area contributed by atoms with E-state index >= 15 is 0 Å². The highest BCUT2D eigenvalue weighted by Crippen LogP contribution is 2.02. The summed E-state index contributed by atoms with van der Waals surface area (Å²) in [6.45, 7) is -1.51. The lowest BCUT2D eigenvalue weighted by molar-refractivity contribution is -0.142. The summed E-state index contributed by atoms with van der Waals surface area (Å²) in [4.78, 5) is 32.7. The molecule has 0 aromatic heterocycles. The molecule has 0 rings (SSSR count). The maximum atomic E-state index is 11.5. The second-order valence-electron chi connectivity index (χ2n) is 4.36. The Hall–Kier alpha value is -1.59. The molecule has 0 aliphatic heterocycles. The molecule has 0 amide bonds. The molecule has 0 saturated carbocycles. The molecular formula is C11H19NO9. The number of carboxylic acid groups (broad SMARTS) is 2. The van der Waals surface area contributed by atoms with Crippen LogP contribution in [0, 0.1) is 0 Å². The molecule has 0 fully saturated rings. The Bertz CT molecular complexity index is 373. The SMILES string of the molecule is O=C(O)CC[C@H](N[13CH2][13C](=O)[13C@@H](O)[13C@H](O)[13C@H](O)[13CH2]O)C(=O)O. The summed E-state index contributed by atoms with van der Waals surface area (Å²) in [7, 11) is 0. The van der Waals surface area contributed by atoms with Crippen molar-refractivity contribution >= 4 is 17.7 Å². The van der Waals surface area contributed by atoms with Crippen molar-refractivity contribution in [3.05, 3.63) is 0 Å². The Morgan fingerprint density at radius 1 is 1.05 bits per heavy atom. The van der Waals surface area contributed by atoms with Crippen molar-refractivity contribution in [3.8, 4) is 0 Å². The molecule has 122 valence electrons. The van der Waals surface area contributed by atoms with E-state index < -0.39 is 61.6 Å². The lowest BCUT2D eigenvalue weighted by Crippen LogP contribution is -2.48. The molecule has 0 spiro atoms. The third-order valence-electron chi connectivity index (χ3n) is 2.70. The fourth-order valence-corrected chi connectivity index (χ4v) is 1.42. The third kappa shape index (κ3) is 7.11. The van der Waals surface area contributed by atoms with E-state index in [2.05, 4.69) is 5.32 Å². The Morgan fingerprint density at radius 2 is 1.62 bits per heavy atom. The molecule has 0 radical (unpaired) electrons. The van der Waals surface area contributed by atoms with Crippen molar-refractivity contribution in [1.82, 2.24) is 5.32 Å². The molecule has 0 aromatic rings. The highest BCUT2D eigenvalue weighted by molar-refractivity contribution is 5.86. The normalized spacial score (nSPS) is 16.8. The van der Waals surface area contributed by atoms with Crippen LogP contribution in [-0.4, -0.2) is 85.9 Å². The van der Waals surface area contributed by atoms with Gasteiger partial charge in [0.1, 0.15) is 24.4 Å². The average molecular weight is 315 g/mol. The van der Waals surface area contributed by atoms with Gasteiger partial charge in [0, 0.05) is 6.42 Å². The van der Waals surface area contributed by atoms with E-state index in [0.29, 0.717) is 0 Å². The lowest BCUT2D eigenvalue weighted by Gasteiger charge is -2.21. The smallest absolute Gasteiger partial charge is 0.320 e. The first-order chi connectivity index (χ1) is 9.70. The summed E-state index contributed by atoms with van der Waals surface area (Å²) in [6, 6.07) is -1.31. The molecule has 0 saturated heterocycles. The number of rotatable bonds is 11. The van der Waals surface area contributed by atoms with E-state index in [0.717, 1.165) is 0 Å². The number of carbonyl (C=O) groups excluding carboxylic acids is 1. The molecule has 0 heterocycles. The molecule has 21 heavy (non-hydrogen) atoms. The topological polar surface area (TPSA) is 185 Å². The number of hydrogen-bond donors (Lipinski definition) is 7. The Labute approximate surface area is 119 Å². The number of hydrogen-bond acceptors (Lipinski definition) is 8. The van der Waals surface area contributed by atoms with E-state index in [1.807, 2.05) is 0 Å². The average Bonchev–Trinajstić information content (AvgIpc) is 2.43. The Morgan fingerprint density at radius 3 is 2.05 bits per heavy atom. The minimum Gasteiger partial charge on any atom is -0.481 e. The molecular weight excluding hydrogens is 296 g/mol. The second kappa shape index (κ2) is 9.37. The van der Waals surface area contributed by atoms with Gasteiger partial charge < -0.3 is 30.6 Å². The molecule has 4 atom stereocenters. The van der Waals surface area contributed by atoms with E-state index in [1.54, 1.807) is 0 Å². The van der Waals surface area contributed by atoms with Crippen LogP contribution in [0.5, 0.6) is 0 Å². The molecule has 0 unspecified atom stereocenters. The van der Waals surface area contributed by atoms with Gasteiger partial charge in [0.2, 0.25) is 0 Å². The van der Waals surface area contributed by atoms with Gasteiger partial charge >= 0.3 is 11.9 Å². The summed E-state index contributed by atoms with van der Waals surface area (Å²) >= 11 is 0. The predicted molar refractivity (Wildman–Crippen MR) is 66.4 cm³/mol. The quantitative estimate of drug-likeness (QED) is 0.189. The largest absolute Gasteiger partial charge is 0.481 e.